The van der Waals surface area contributed by atoms with Crippen LogP contribution in [0, 0.1) is 11.6 Å². The third-order valence-corrected chi connectivity index (χ3v) is 2.78. The predicted octanol–water partition coefficient (Wildman–Crippen LogP) is 2.28. The Morgan fingerprint density at radius 1 is 1.39 bits per heavy atom. The highest BCUT2D eigenvalue weighted by Gasteiger charge is 2.15. The highest BCUT2D eigenvalue weighted by molar-refractivity contribution is 9.10. The molecule has 0 saturated heterocycles. The summed E-state index contributed by atoms with van der Waals surface area (Å²) < 4.78 is 26.4. The molecule has 0 unspecified atom stereocenters. The van der Waals surface area contributed by atoms with Gasteiger partial charge >= 0.3 is 0 Å². The zero-order valence-corrected chi connectivity index (χ0v) is 10.4. The van der Waals surface area contributed by atoms with Crippen molar-refractivity contribution in [2.45, 2.75) is 0 Å². The predicted molar refractivity (Wildman–Crippen MR) is 65.0 cm³/mol. The molecule has 2 rings (SSSR count). The maximum Gasteiger partial charge on any atom is 0.261 e. The number of halogens is 3. The van der Waals surface area contributed by atoms with Crippen LogP contribution in [0.3, 0.4) is 0 Å². The molecule has 18 heavy (non-hydrogen) atoms. The standard InChI is InChI=1S/C10H7BrF2N4O/c11-5-1-8(7(13)2-6(5)12)16-10(18)4-3-15-17-9(4)14/h1-3H,(H,16,18)(H3,14,15,17). The minimum absolute atomic E-state index is 0.0411. The lowest BCUT2D eigenvalue weighted by molar-refractivity contribution is 0.102. The first-order valence-corrected chi connectivity index (χ1v) is 5.53. The summed E-state index contributed by atoms with van der Waals surface area (Å²) in [7, 11) is 0. The Morgan fingerprint density at radius 2 is 2.11 bits per heavy atom. The number of H-pyrrole nitrogens is 1. The summed E-state index contributed by atoms with van der Waals surface area (Å²) in [5, 5.41) is 8.21. The smallest absolute Gasteiger partial charge is 0.261 e. The molecular weight excluding hydrogens is 310 g/mol. The Hall–Kier alpha value is -1.96. The van der Waals surface area contributed by atoms with Crippen LogP contribution < -0.4 is 11.1 Å². The third-order valence-electron chi connectivity index (χ3n) is 2.17. The van der Waals surface area contributed by atoms with Crippen molar-refractivity contribution in [3.8, 4) is 0 Å². The van der Waals surface area contributed by atoms with Crippen molar-refractivity contribution in [3.63, 3.8) is 0 Å². The maximum atomic E-state index is 13.4. The zero-order chi connectivity index (χ0) is 13.3. The van der Waals surface area contributed by atoms with Crippen LogP contribution in [0.4, 0.5) is 20.3 Å². The van der Waals surface area contributed by atoms with E-state index in [1.165, 1.54) is 6.20 Å². The molecule has 94 valence electrons. The normalized spacial score (nSPS) is 10.4. The fourth-order valence-electron chi connectivity index (χ4n) is 1.29. The number of aromatic nitrogens is 2. The van der Waals surface area contributed by atoms with Gasteiger partial charge in [-0.2, -0.15) is 5.10 Å². The first kappa shape index (κ1) is 12.5. The molecule has 0 fully saturated rings. The van der Waals surface area contributed by atoms with E-state index in [0.717, 1.165) is 6.07 Å². The number of rotatable bonds is 2. The minimum Gasteiger partial charge on any atom is -0.383 e. The Morgan fingerprint density at radius 3 is 2.72 bits per heavy atom. The molecule has 0 aliphatic carbocycles. The van der Waals surface area contributed by atoms with Gasteiger partial charge in [-0.15, -0.1) is 0 Å². The second kappa shape index (κ2) is 4.73. The van der Waals surface area contributed by atoms with Crippen molar-refractivity contribution in [3.05, 3.63) is 40.0 Å². The Kier molecular flexibility index (Phi) is 3.28. The average molecular weight is 317 g/mol. The molecule has 0 bridgehead atoms. The van der Waals surface area contributed by atoms with Gasteiger partial charge in [0.2, 0.25) is 0 Å². The van der Waals surface area contributed by atoms with Crippen LogP contribution in [0.5, 0.6) is 0 Å². The van der Waals surface area contributed by atoms with Crippen LogP contribution in [0.1, 0.15) is 10.4 Å². The van der Waals surface area contributed by atoms with Gasteiger partial charge in [-0.25, -0.2) is 8.78 Å². The maximum absolute atomic E-state index is 13.4. The number of carbonyl (C=O) groups is 1. The minimum atomic E-state index is -0.883. The second-order valence-electron chi connectivity index (χ2n) is 3.40. The highest BCUT2D eigenvalue weighted by atomic mass is 79.9. The number of carbonyl (C=O) groups excluding carboxylic acids is 1. The van der Waals surface area contributed by atoms with Crippen molar-refractivity contribution in [1.82, 2.24) is 10.2 Å². The molecule has 0 aliphatic heterocycles. The number of aromatic amines is 1. The van der Waals surface area contributed by atoms with Crippen LogP contribution >= 0.6 is 15.9 Å². The largest absolute Gasteiger partial charge is 0.383 e. The summed E-state index contributed by atoms with van der Waals surface area (Å²) in [4.78, 5) is 11.7. The van der Waals surface area contributed by atoms with Gasteiger partial charge in [-0.3, -0.25) is 9.89 Å². The van der Waals surface area contributed by atoms with E-state index in [2.05, 4.69) is 31.4 Å². The van der Waals surface area contributed by atoms with E-state index in [9.17, 15) is 13.6 Å². The number of nitrogens with two attached hydrogens (primary N) is 1. The summed E-state index contributed by atoms with van der Waals surface area (Å²) >= 11 is 2.90. The molecule has 0 radical (unpaired) electrons. The fraction of sp³-hybridized carbons (Fsp3) is 0. The molecule has 1 amide bonds. The SMILES string of the molecule is Nc1[nH]ncc1C(=O)Nc1cc(Br)c(F)cc1F. The first-order valence-electron chi connectivity index (χ1n) is 4.73. The van der Waals surface area contributed by atoms with Gasteiger partial charge in [-0.1, -0.05) is 0 Å². The van der Waals surface area contributed by atoms with Crippen LogP contribution in [-0.2, 0) is 0 Å². The molecular formula is C10H7BrF2N4O. The molecule has 8 heteroatoms. The molecule has 0 atom stereocenters. The quantitative estimate of drug-likeness (QED) is 0.743. The number of benzene rings is 1. The van der Waals surface area contributed by atoms with E-state index in [4.69, 9.17) is 5.73 Å². The number of amides is 1. The molecule has 1 aromatic heterocycles. The van der Waals surface area contributed by atoms with Gasteiger partial charge in [0, 0.05) is 6.07 Å². The zero-order valence-electron chi connectivity index (χ0n) is 8.80. The molecule has 0 saturated carbocycles. The average Bonchev–Trinajstić information content (AvgIpc) is 2.72. The van der Waals surface area contributed by atoms with E-state index in [0.29, 0.717) is 6.07 Å². The topological polar surface area (TPSA) is 83.8 Å². The Bertz CT molecular complexity index is 614. The number of hydrogen-bond acceptors (Lipinski definition) is 3. The van der Waals surface area contributed by atoms with Gasteiger partial charge in [0.05, 0.1) is 16.4 Å². The number of nitrogen functional groups attached to an aromatic ring is 1. The van der Waals surface area contributed by atoms with Crippen LogP contribution in [0.15, 0.2) is 22.8 Å². The van der Waals surface area contributed by atoms with Crippen molar-refractivity contribution >= 4 is 33.3 Å². The lowest BCUT2D eigenvalue weighted by atomic mass is 10.2. The van der Waals surface area contributed by atoms with Gasteiger partial charge < -0.3 is 11.1 Å². The van der Waals surface area contributed by atoms with Crippen molar-refractivity contribution in [2.75, 3.05) is 11.1 Å². The van der Waals surface area contributed by atoms with Gasteiger partial charge in [0.15, 0.2) is 0 Å². The Balaban J connectivity index is 2.28. The van der Waals surface area contributed by atoms with Gasteiger partial charge in [0.1, 0.15) is 23.0 Å². The lowest BCUT2D eigenvalue weighted by Gasteiger charge is -2.06. The summed E-state index contributed by atoms with van der Waals surface area (Å²) in [5.41, 5.74) is 5.37. The molecule has 0 aliphatic rings. The van der Waals surface area contributed by atoms with Crippen LogP contribution in [0.2, 0.25) is 0 Å². The number of anilines is 2. The number of nitrogens with zero attached hydrogens (tertiary/aromatic N) is 1. The summed E-state index contributed by atoms with van der Waals surface area (Å²) in [6.07, 6.45) is 1.21. The molecule has 2 aromatic rings. The van der Waals surface area contributed by atoms with Crippen LogP contribution in [-0.4, -0.2) is 16.1 Å². The van der Waals surface area contributed by atoms with Crippen molar-refractivity contribution < 1.29 is 13.6 Å². The summed E-state index contributed by atoms with van der Waals surface area (Å²) in [6.45, 7) is 0. The monoisotopic (exact) mass is 316 g/mol. The fourth-order valence-corrected chi connectivity index (χ4v) is 1.63. The summed E-state index contributed by atoms with van der Waals surface area (Å²) in [5.74, 6) is -2.22. The van der Waals surface area contributed by atoms with Gasteiger partial charge in [-0.05, 0) is 22.0 Å². The van der Waals surface area contributed by atoms with Crippen LogP contribution in [0.25, 0.3) is 0 Å². The molecule has 1 heterocycles. The lowest BCUT2D eigenvalue weighted by Crippen LogP contribution is -2.14. The van der Waals surface area contributed by atoms with E-state index in [1.54, 1.807) is 0 Å². The highest BCUT2D eigenvalue weighted by Crippen LogP contribution is 2.24. The molecule has 1 aromatic carbocycles. The number of nitrogens with one attached hydrogen (secondary N) is 2. The van der Waals surface area contributed by atoms with E-state index >= 15 is 0 Å². The van der Waals surface area contributed by atoms with E-state index in [1.807, 2.05) is 0 Å². The second-order valence-corrected chi connectivity index (χ2v) is 4.25. The van der Waals surface area contributed by atoms with E-state index < -0.39 is 17.5 Å². The Labute approximate surface area is 109 Å². The van der Waals surface area contributed by atoms with Crippen molar-refractivity contribution in [1.29, 1.82) is 0 Å². The molecule has 4 N–H and O–H groups in total. The van der Waals surface area contributed by atoms with Crippen molar-refractivity contribution in [2.24, 2.45) is 0 Å². The number of hydrogen-bond donors (Lipinski definition) is 3. The molecule has 5 nitrogen and oxygen atoms in total. The van der Waals surface area contributed by atoms with E-state index in [-0.39, 0.29) is 21.5 Å². The third kappa shape index (κ3) is 2.33. The summed E-state index contributed by atoms with van der Waals surface area (Å²) in [6, 6.07) is 1.79. The first-order chi connectivity index (χ1) is 8.49. The molecule has 0 spiro atoms. The van der Waals surface area contributed by atoms with Gasteiger partial charge in [0.25, 0.3) is 5.91 Å².